The van der Waals surface area contributed by atoms with Crippen molar-refractivity contribution in [2.24, 2.45) is 0 Å². The standard InChI is InChI=1S/C20H18F5NOS/c21-15-5-6-17(22)16(12-15)18-7-8-26(9-10-28-18)19(27)11-13-1-3-14(4-2-13)20(23,24)25/h1-6,12,18H,7-11H2. The summed E-state index contributed by atoms with van der Waals surface area (Å²) in [5.41, 5.74) is 0.0412. The van der Waals surface area contributed by atoms with Crippen LogP contribution in [0.3, 0.4) is 0 Å². The molecule has 2 aromatic rings. The van der Waals surface area contributed by atoms with E-state index in [-0.39, 0.29) is 17.6 Å². The van der Waals surface area contributed by atoms with Crippen molar-refractivity contribution in [1.29, 1.82) is 0 Å². The highest BCUT2D eigenvalue weighted by Gasteiger charge is 2.30. The van der Waals surface area contributed by atoms with Crippen molar-refractivity contribution in [3.8, 4) is 0 Å². The lowest BCUT2D eigenvalue weighted by molar-refractivity contribution is -0.137. The van der Waals surface area contributed by atoms with Gasteiger partial charge in [0.25, 0.3) is 0 Å². The third kappa shape index (κ3) is 5.04. The second kappa shape index (κ2) is 8.51. The first-order chi connectivity index (χ1) is 13.2. The van der Waals surface area contributed by atoms with Crippen LogP contribution in [0.15, 0.2) is 42.5 Å². The summed E-state index contributed by atoms with van der Waals surface area (Å²) in [7, 11) is 0. The topological polar surface area (TPSA) is 20.3 Å². The molecule has 1 fully saturated rings. The van der Waals surface area contributed by atoms with E-state index in [2.05, 4.69) is 0 Å². The molecule has 1 heterocycles. The van der Waals surface area contributed by atoms with Crippen LogP contribution in [0, 0.1) is 11.6 Å². The van der Waals surface area contributed by atoms with Gasteiger partial charge in [0.05, 0.1) is 12.0 Å². The minimum atomic E-state index is -4.41. The number of alkyl halides is 3. The largest absolute Gasteiger partial charge is 0.416 e. The Hall–Kier alpha value is -2.09. The molecule has 0 radical (unpaired) electrons. The maximum Gasteiger partial charge on any atom is 0.416 e. The van der Waals surface area contributed by atoms with E-state index in [4.69, 9.17) is 0 Å². The molecule has 1 aliphatic rings. The van der Waals surface area contributed by atoms with E-state index in [0.717, 1.165) is 24.3 Å². The Morgan fingerprint density at radius 1 is 1.07 bits per heavy atom. The number of nitrogens with zero attached hydrogens (tertiary/aromatic N) is 1. The van der Waals surface area contributed by atoms with Crippen LogP contribution in [-0.2, 0) is 17.4 Å². The summed E-state index contributed by atoms with van der Waals surface area (Å²) in [6, 6.07) is 7.89. The van der Waals surface area contributed by atoms with E-state index in [1.54, 1.807) is 4.90 Å². The lowest BCUT2D eigenvalue weighted by Gasteiger charge is -2.20. The first kappa shape index (κ1) is 20.6. The van der Waals surface area contributed by atoms with Gasteiger partial charge in [-0.2, -0.15) is 24.9 Å². The number of carbonyl (C=O) groups is 1. The molecule has 0 spiro atoms. The summed E-state index contributed by atoms with van der Waals surface area (Å²) in [5, 5.41) is -0.250. The predicted octanol–water partition coefficient (Wildman–Crippen LogP) is 5.23. The highest BCUT2D eigenvalue weighted by molar-refractivity contribution is 7.99. The monoisotopic (exact) mass is 415 g/mol. The number of thioether (sulfide) groups is 1. The Kier molecular flexibility index (Phi) is 6.27. The highest BCUT2D eigenvalue weighted by Crippen LogP contribution is 2.36. The van der Waals surface area contributed by atoms with Gasteiger partial charge in [0.1, 0.15) is 11.6 Å². The Balaban J connectivity index is 1.62. The quantitative estimate of drug-likeness (QED) is 0.640. The van der Waals surface area contributed by atoms with Gasteiger partial charge in [-0.3, -0.25) is 4.79 Å². The number of rotatable bonds is 3. The van der Waals surface area contributed by atoms with Crippen LogP contribution in [0.25, 0.3) is 0 Å². The van der Waals surface area contributed by atoms with Gasteiger partial charge < -0.3 is 4.90 Å². The normalized spacial score (nSPS) is 18.0. The fourth-order valence-electron chi connectivity index (χ4n) is 3.13. The van der Waals surface area contributed by atoms with E-state index in [1.165, 1.54) is 30.0 Å². The van der Waals surface area contributed by atoms with Gasteiger partial charge >= 0.3 is 6.18 Å². The molecule has 1 amide bonds. The van der Waals surface area contributed by atoms with Gasteiger partial charge in [0, 0.05) is 29.7 Å². The molecular formula is C20H18F5NOS. The lowest BCUT2D eigenvalue weighted by Crippen LogP contribution is -2.34. The van der Waals surface area contributed by atoms with Crippen molar-refractivity contribution in [2.45, 2.75) is 24.3 Å². The molecule has 1 saturated heterocycles. The molecule has 3 rings (SSSR count). The van der Waals surface area contributed by atoms with Crippen molar-refractivity contribution in [3.63, 3.8) is 0 Å². The molecular weight excluding hydrogens is 397 g/mol. The molecule has 0 aliphatic carbocycles. The number of halogens is 5. The van der Waals surface area contributed by atoms with Gasteiger partial charge in [0.15, 0.2) is 0 Å². The van der Waals surface area contributed by atoms with Crippen LogP contribution in [0.2, 0.25) is 0 Å². The summed E-state index contributed by atoms with van der Waals surface area (Å²) in [6.45, 7) is 0.838. The van der Waals surface area contributed by atoms with Crippen molar-refractivity contribution in [3.05, 3.63) is 70.8 Å². The second-order valence-electron chi connectivity index (χ2n) is 6.57. The SMILES string of the molecule is O=C(Cc1ccc(C(F)(F)F)cc1)N1CCSC(c2cc(F)ccc2F)CC1. The molecule has 0 saturated carbocycles. The summed E-state index contributed by atoms with van der Waals surface area (Å²) in [5.74, 6) is -0.597. The smallest absolute Gasteiger partial charge is 0.342 e. The van der Waals surface area contributed by atoms with Gasteiger partial charge in [-0.1, -0.05) is 12.1 Å². The second-order valence-corrected chi connectivity index (χ2v) is 7.88. The predicted molar refractivity (Wildman–Crippen MR) is 97.9 cm³/mol. The molecule has 8 heteroatoms. The molecule has 0 bridgehead atoms. The van der Waals surface area contributed by atoms with Crippen LogP contribution in [-0.4, -0.2) is 29.6 Å². The van der Waals surface area contributed by atoms with Gasteiger partial charge in [0.2, 0.25) is 5.91 Å². The third-order valence-electron chi connectivity index (χ3n) is 4.64. The summed E-state index contributed by atoms with van der Waals surface area (Å²) < 4.78 is 65.3. The molecule has 0 N–H and O–H groups in total. The van der Waals surface area contributed by atoms with E-state index in [1.807, 2.05) is 0 Å². The zero-order valence-electron chi connectivity index (χ0n) is 14.8. The summed E-state index contributed by atoms with van der Waals surface area (Å²) in [6.07, 6.45) is -3.93. The van der Waals surface area contributed by atoms with Gasteiger partial charge in [-0.15, -0.1) is 0 Å². The van der Waals surface area contributed by atoms with Crippen LogP contribution < -0.4 is 0 Å². The Bertz CT molecular complexity index is 837. The van der Waals surface area contributed by atoms with E-state index >= 15 is 0 Å². The summed E-state index contributed by atoms with van der Waals surface area (Å²) >= 11 is 1.47. The van der Waals surface area contributed by atoms with E-state index < -0.39 is 23.4 Å². The average Bonchev–Trinajstić information content (AvgIpc) is 2.89. The molecule has 1 unspecified atom stereocenters. The number of hydrogen-bond donors (Lipinski definition) is 0. The Morgan fingerprint density at radius 2 is 1.79 bits per heavy atom. The van der Waals surface area contributed by atoms with Crippen molar-refractivity contribution < 1.29 is 26.7 Å². The lowest BCUT2D eigenvalue weighted by atomic mass is 10.1. The van der Waals surface area contributed by atoms with Crippen LogP contribution in [0.5, 0.6) is 0 Å². The minimum Gasteiger partial charge on any atom is -0.342 e. The minimum absolute atomic E-state index is 0.00178. The van der Waals surface area contributed by atoms with E-state index in [9.17, 15) is 26.7 Å². The molecule has 1 aliphatic heterocycles. The van der Waals surface area contributed by atoms with Crippen molar-refractivity contribution in [2.75, 3.05) is 18.8 Å². The van der Waals surface area contributed by atoms with Gasteiger partial charge in [-0.05, 0) is 42.3 Å². The molecule has 2 aromatic carbocycles. The maximum atomic E-state index is 14.0. The fraction of sp³-hybridized carbons (Fsp3) is 0.350. The van der Waals surface area contributed by atoms with E-state index in [0.29, 0.717) is 36.4 Å². The first-order valence-corrected chi connectivity index (χ1v) is 9.79. The number of benzene rings is 2. The molecule has 1 atom stereocenters. The summed E-state index contributed by atoms with van der Waals surface area (Å²) in [4.78, 5) is 14.2. The third-order valence-corrected chi connectivity index (χ3v) is 5.95. The highest BCUT2D eigenvalue weighted by atomic mass is 32.2. The van der Waals surface area contributed by atoms with Crippen LogP contribution in [0.4, 0.5) is 22.0 Å². The Morgan fingerprint density at radius 3 is 2.46 bits per heavy atom. The van der Waals surface area contributed by atoms with Crippen molar-refractivity contribution in [1.82, 2.24) is 4.90 Å². The zero-order valence-corrected chi connectivity index (χ0v) is 15.6. The molecule has 2 nitrogen and oxygen atoms in total. The number of hydrogen-bond acceptors (Lipinski definition) is 2. The average molecular weight is 415 g/mol. The maximum absolute atomic E-state index is 14.0. The zero-order chi connectivity index (χ0) is 20.3. The van der Waals surface area contributed by atoms with Gasteiger partial charge in [-0.25, -0.2) is 8.78 Å². The van der Waals surface area contributed by atoms with Crippen LogP contribution >= 0.6 is 11.8 Å². The fourth-order valence-corrected chi connectivity index (χ4v) is 4.37. The molecule has 0 aromatic heterocycles. The Labute approximate surface area is 163 Å². The van der Waals surface area contributed by atoms with Crippen LogP contribution in [0.1, 0.15) is 28.4 Å². The van der Waals surface area contributed by atoms with Crippen molar-refractivity contribution >= 4 is 17.7 Å². The molecule has 150 valence electrons. The first-order valence-electron chi connectivity index (χ1n) is 8.74. The number of amides is 1. The number of carbonyl (C=O) groups excluding carboxylic acids is 1. The molecule has 28 heavy (non-hydrogen) atoms.